The number of carbonyl (C=O) groups is 1. The first-order valence-electron chi connectivity index (χ1n) is 8.01. The summed E-state index contributed by atoms with van der Waals surface area (Å²) in [5.74, 6) is -0.0370. The molecule has 2 heterocycles. The van der Waals surface area contributed by atoms with E-state index in [0.717, 1.165) is 30.7 Å². The second-order valence-electron chi connectivity index (χ2n) is 6.23. The van der Waals surface area contributed by atoms with Crippen molar-refractivity contribution in [3.05, 3.63) is 11.3 Å². The standard InChI is InChI=1S/C14H21N7O2S/c1-23-8-12-17-18-13(24-12)16-11(22)7-14(5-3-2-4-6-14)9-21-10-15-19-20-21/h10H,2-9H2,1H3,(H,16,18,22). The molecule has 0 aliphatic heterocycles. The van der Waals surface area contributed by atoms with Crippen molar-refractivity contribution in [2.75, 3.05) is 12.4 Å². The van der Waals surface area contributed by atoms with Gasteiger partial charge in [0.25, 0.3) is 0 Å². The van der Waals surface area contributed by atoms with E-state index in [2.05, 4.69) is 31.0 Å². The number of nitrogens with one attached hydrogen (secondary N) is 1. The molecule has 3 rings (SSSR count). The molecule has 1 aliphatic carbocycles. The summed E-state index contributed by atoms with van der Waals surface area (Å²) in [5.41, 5.74) is -0.0994. The van der Waals surface area contributed by atoms with E-state index in [9.17, 15) is 4.79 Å². The van der Waals surface area contributed by atoms with Gasteiger partial charge in [-0.2, -0.15) is 0 Å². The number of anilines is 1. The SMILES string of the molecule is COCc1nnc(NC(=O)CC2(Cn3cnnn3)CCCCC2)s1. The zero-order chi connectivity index (χ0) is 16.8. The van der Waals surface area contributed by atoms with E-state index in [4.69, 9.17) is 4.74 Å². The number of aromatic nitrogens is 6. The molecule has 0 saturated heterocycles. The van der Waals surface area contributed by atoms with Crippen molar-refractivity contribution >= 4 is 22.4 Å². The second-order valence-corrected chi connectivity index (χ2v) is 7.29. The molecule has 24 heavy (non-hydrogen) atoms. The Morgan fingerprint density at radius 1 is 1.38 bits per heavy atom. The van der Waals surface area contributed by atoms with Gasteiger partial charge in [-0.3, -0.25) is 4.79 Å². The molecule has 9 nitrogen and oxygen atoms in total. The van der Waals surface area contributed by atoms with E-state index in [1.54, 1.807) is 18.1 Å². The third-order valence-electron chi connectivity index (χ3n) is 4.32. The van der Waals surface area contributed by atoms with Crippen molar-refractivity contribution in [1.82, 2.24) is 30.4 Å². The number of ether oxygens (including phenoxy) is 1. The average molecular weight is 351 g/mol. The molecular weight excluding hydrogens is 330 g/mol. The zero-order valence-corrected chi connectivity index (χ0v) is 14.5. The van der Waals surface area contributed by atoms with Crippen molar-refractivity contribution in [3.63, 3.8) is 0 Å². The summed E-state index contributed by atoms with van der Waals surface area (Å²) in [4.78, 5) is 12.5. The van der Waals surface area contributed by atoms with Crippen molar-refractivity contribution in [2.45, 2.75) is 51.7 Å². The van der Waals surface area contributed by atoms with Gasteiger partial charge >= 0.3 is 0 Å². The predicted molar refractivity (Wildman–Crippen MR) is 87.2 cm³/mol. The van der Waals surface area contributed by atoms with Crippen LogP contribution in [-0.4, -0.2) is 43.4 Å². The lowest BCUT2D eigenvalue weighted by atomic mass is 9.71. The number of hydrogen-bond donors (Lipinski definition) is 1. The van der Waals surface area contributed by atoms with Crippen LogP contribution in [0.2, 0.25) is 0 Å². The number of nitrogens with zero attached hydrogens (tertiary/aromatic N) is 6. The molecule has 0 radical (unpaired) electrons. The fourth-order valence-electron chi connectivity index (χ4n) is 3.28. The first kappa shape index (κ1) is 16.9. The van der Waals surface area contributed by atoms with E-state index in [-0.39, 0.29) is 11.3 Å². The molecule has 0 unspecified atom stereocenters. The minimum Gasteiger partial charge on any atom is -0.377 e. The summed E-state index contributed by atoms with van der Waals surface area (Å²) in [6.07, 6.45) is 7.53. The Hall–Kier alpha value is -1.94. The first-order valence-corrected chi connectivity index (χ1v) is 8.83. The number of rotatable bonds is 7. The van der Waals surface area contributed by atoms with Gasteiger partial charge in [0.2, 0.25) is 11.0 Å². The minimum atomic E-state index is -0.0994. The van der Waals surface area contributed by atoms with E-state index in [1.807, 2.05) is 0 Å². The first-order chi connectivity index (χ1) is 11.7. The summed E-state index contributed by atoms with van der Waals surface area (Å²) in [6, 6.07) is 0. The molecule has 1 aliphatic rings. The highest BCUT2D eigenvalue weighted by atomic mass is 32.1. The second kappa shape index (κ2) is 7.75. The van der Waals surface area contributed by atoms with Crippen molar-refractivity contribution in [3.8, 4) is 0 Å². The molecule has 0 aromatic carbocycles. The molecule has 1 amide bonds. The van der Waals surface area contributed by atoms with Crippen LogP contribution in [0.1, 0.15) is 43.5 Å². The molecule has 130 valence electrons. The Morgan fingerprint density at radius 2 is 2.21 bits per heavy atom. The number of tetrazole rings is 1. The predicted octanol–water partition coefficient (Wildman–Crippen LogP) is 1.65. The maximum Gasteiger partial charge on any atom is 0.226 e. The lowest BCUT2D eigenvalue weighted by Crippen LogP contribution is -2.34. The van der Waals surface area contributed by atoms with Crippen molar-refractivity contribution < 1.29 is 9.53 Å². The maximum absolute atomic E-state index is 12.5. The van der Waals surface area contributed by atoms with Crippen LogP contribution in [0.3, 0.4) is 0 Å². The molecule has 1 fully saturated rings. The van der Waals surface area contributed by atoms with Gasteiger partial charge in [-0.1, -0.05) is 30.6 Å². The van der Waals surface area contributed by atoms with Crippen LogP contribution in [0.15, 0.2) is 6.33 Å². The number of amides is 1. The topological polar surface area (TPSA) is 108 Å². The Kier molecular flexibility index (Phi) is 5.46. The zero-order valence-electron chi connectivity index (χ0n) is 13.6. The lowest BCUT2D eigenvalue weighted by Gasteiger charge is -2.36. The van der Waals surface area contributed by atoms with Crippen LogP contribution < -0.4 is 5.32 Å². The summed E-state index contributed by atoms with van der Waals surface area (Å²) >= 11 is 1.34. The minimum absolute atomic E-state index is 0.0370. The Labute approximate surface area is 143 Å². The highest BCUT2D eigenvalue weighted by Crippen LogP contribution is 2.41. The fraction of sp³-hybridized carbons (Fsp3) is 0.714. The molecule has 10 heteroatoms. The summed E-state index contributed by atoms with van der Waals surface area (Å²) in [6.45, 7) is 1.06. The number of methoxy groups -OCH3 is 1. The van der Waals surface area contributed by atoms with Gasteiger partial charge in [-0.15, -0.1) is 15.3 Å². The van der Waals surface area contributed by atoms with Gasteiger partial charge < -0.3 is 10.1 Å². The normalized spacial score (nSPS) is 16.9. The summed E-state index contributed by atoms with van der Waals surface area (Å²) in [5, 5.41) is 23.4. The Morgan fingerprint density at radius 3 is 2.92 bits per heavy atom. The number of hydrogen-bond acceptors (Lipinski definition) is 8. The van der Waals surface area contributed by atoms with Crippen LogP contribution in [0.4, 0.5) is 5.13 Å². The Balaban J connectivity index is 1.64. The van der Waals surface area contributed by atoms with Crippen LogP contribution in [0.5, 0.6) is 0 Å². The number of carbonyl (C=O) groups excluding carboxylic acids is 1. The molecule has 1 saturated carbocycles. The van der Waals surface area contributed by atoms with E-state index < -0.39 is 0 Å². The monoisotopic (exact) mass is 351 g/mol. The van der Waals surface area contributed by atoms with Gasteiger partial charge in [0.1, 0.15) is 17.9 Å². The van der Waals surface area contributed by atoms with E-state index in [1.165, 1.54) is 17.8 Å². The highest BCUT2D eigenvalue weighted by molar-refractivity contribution is 7.15. The molecule has 2 aromatic heterocycles. The van der Waals surface area contributed by atoms with Gasteiger partial charge in [-0.05, 0) is 28.7 Å². The summed E-state index contributed by atoms with van der Waals surface area (Å²) < 4.78 is 6.74. The van der Waals surface area contributed by atoms with E-state index >= 15 is 0 Å². The van der Waals surface area contributed by atoms with Gasteiger partial charge in [0.05, 0.1) is 6.54 Å². The highest BCUT2D eigenvalue weighted by Gasteiger charge is 2.35. The molecular formula is C14H21N7O2S. The van der Waals surface area contributed by atoms with Crippen molar-refractivity contribution in [1.29, 1.82) is 0 Å². The van der Waals surface area contributed by atoms with Gasteiger partial charge in [0, 0.05) is 13.5 Å². The van der Waals surface area contributed by atoms with Gasteiger partial charge in [0.15, 0.2) is 0 Å². The lowest BCUT2D eigenvalue weighted by molar-refractivity contribution is -0.119. The molecule has 0 atom stereocenters. The third kappa shape index (κ3) is 4.32. The molecule has 0 bridgehead atoms. The van der Waals surface area contributed by atoms with Crippen LogP contribution >= 0.6 is 11.3 Å². The maximum atomic E-state index is 12.5. The average Bonchev–Trinajstić information content (AvgIpc) is 3.20. The largest absolute Gasteiger partial charge is 0.377 e. The smallest absolute Gasteiger partial charge is 0.226 e. The van der Waals surface area contributed by atoms with Crippen LogP contribution in [0, 0.1) is 5.41 Å². The molecule has 2 aromatic rings. The van der Waals surface area contributed by atoms with Crippen LogP contribution in [0.25, 0.3) is 0 Å². The third-order valence-corrected chi connectivity index (χ3v) is 5.13. The molecule has 1 N–H and O–H groups in total. The Bertz CT molecular complexity index is 652. The van der Waals surface area contributed by atoms with Crippen LogP contribution in [-0.2, 0) is 22.7 Å². The fourth-order valence-corrected chi connectivity index (χ4v) is 4.01. The van der Waals surface area contributed by atoms with E-state index in [0.29, 0.717) is 24.7 Å². The summed E-state index contributed by atoms with van der Waals surface area (Å²) in [7, 11) is 1.60. The van der Waals surface area contributed by atoms with Gasteiger partial charge in [-0.25, -0.2) is 4.68 Å². The molecule has 0 spiro atoms. The van der Waals surface area contributed by atoms with Crippen molar-refractivity contribution in [2.24, 2.45) is 5.41 Å². The quantitative estimate of drug-likeness (QED) is 0.808.